The van der Waals surface area contributed by atoms with Crippen molar-refractivity contribution in [3.05, 3.63) is 60.2 Å². The molecule has 2 N–H and O–H groups in total. The molecular weight excluding hydrogens is 392 g/mol. The van der Waals surface area contributed by atoms with E-state index in [0.717, 1.165) is 25.7 Å². The van der Waals surface area contributed by atoms with Gasteiger partial charge in [0.15, 0.2) is 6.10 Å². The average molecular weight is 416 g/mol. The number of amides is 1. The first-order chi connectivity index (χ1) is 13.8. The predicted molar refractivity (Wildman–Crippen MR) is 109 cm³/mol. The second-order valence-corrected chi connectivity index (χ2v) is 8.72. The smallest absolute Gasteiger partial charge is 0.338 e. The van der Waals surface area contributed by atoms with E-state index < -0.39 is 22.1 Å². The number of nitrogens with one attached hydrogen (secondary N) is 2. The largest absolute Gasteiger partial charge is 0.449 e. The van der Waals surface area contributed by atoms with Crippen LogP contribution in [-0.4, -0.2) is 32.4 Å². The average Bonchev–Trinajstić information content (AvgIpc) is 3.21. The molecule has 0 unspecified atom stereocenters. The molecule has 1 aliphatic carbocycles. The minimum Gasteiger partial charge on any atom is -0.449 e. The summed E-state index contributed by atoms with van der Waals surface area (Å²) in [5.41, 5.74) is 0.380. The van der Waals surface area contributed by atoms with Crippen molar-refractivity contribution in [2.45, 2.75) is 49.6 Å². The molecule has 1 aliphatic rings. The zero-order chi connectivity index (χ0) is 20.9. The third-order valence-electron chi connectivity index (χ3n) is 4.76. The Hall–Kier alpha value is -2.87. The molecule has 3 rings (SSSR count). The van der Waals surface area contributed by atoms with Crippen LogP contribution in [0.1, 0.15) is 43.0 Å². The van der Waals surface area contributed by atoms with Gasteiger partial charge < -0.3 is 10.1 Å². The number of rotatable bonds is 7. The van der Waals surface area contributed by atoms with Crippen LogP contribution in [0, 0.1) is 0 Å². The summed E-state index contributed by atoms with van der Waals surface area (Å²) in [5.74, 6) is -1.02. The monoisotopic (exact) mass is 416 g/mol. The lowest BCUT2D eigenvalue weighted by atomic mass is 10.2. The van der Waals surface area contributed by atoms with E-state index in [1.807, 2.05) is 0 Å². The van der Waals surface area contributed by atoms with E-state index in [2.05, 4.69) is 10.0 Å². The van der Waals surface area contributed by atoms with Crippen LogP contribution in [0.15, 0.2) is 59.5 Å². The summed E-state index contributed by atoms with van der Waals surface area (Å²) in [4.78, 5) is 24.7. The third kappa shape index (κ3) is 5.57. The van der Waals surface area contributed by atoms with Crippen LogP contribution < -0.4 is 10.0 Å². The van der Waals surface area contributed by atoms with Gasteiger partial charge in [-0.1, -0.05) is 37.1 Å². The van der Waals surface area contributed by atoms with Crippen molar-refractivity contribution in [1.29, 1.82) is 0 Å². The molecule has 0 bridgehead atoms. The number of sulfonamides is 1. The van der Waals surface area contributed by atoms with Crippen LogP contribution in [0.25, 0.3) is 0 Å². The second-order valence-electron chi connectivity index (χ2n) is 7.04. The first kappa shape index (κ1) is 20.9. The molecule has 1 saturated carbocycles. The van der Waals surface area contributed by atoms with Gasteiger partial charge in [-0.3, -0.25) is 9.52 Å². The lowest BCUT2D eigenvalue weighted by Crippen LogP contribution is -2.40. The van der Waals surface area contributed by atoms with Crippen LogP contribution in [0.4, 0.5) is 5.69 Å². The SMILES string of the molecule is C[C@H](OC(=O)c1cccc(NS(=O)(=O)c2ccccc2)c1)C(=O)NC1CCCC1. The van der Waals surface area contributed by atoms with Gasteiger partial charge in [0.2, 0.25) is 0 Å². The Bertz CT molecular complexity index is 970. The van der Waals surface area contributed by atoms with Crippen molar-refractivity contribution in [2.75, 3.05) is 4.72 Å². The van der Waals surface area contributed by atoms with Crippen LogP contribution in [0.5, 0.6) is 0 Å². The van der Waals surface area contributed by atoms with Gasteiger partial charge in [0.1, 0.15) is 0 Å². The molecule has 1 amide bonds. The van der Waals surface area contributed by atoms with Gasteiger partial charge in [0, 0.05) is 11.7 Å². The van der Waals surface area contributed by atoms with Crippen molar-refractivity contribution < 1.29 is 22.7 Å². The number of hydrogen-bond donors (Lipinski definition) is 2. The lowest BCUT2D eigenvalue weighted by molar-refractivity contribution is -0.129. The van der Waals surface area contributed by atoms with E-state index in [1.54, 1.807) is 24.3 Å². The standard InChI is InChI=1S/C21H24N2O5S/c1-15(20(24)22-17-9-5-6-10-17)28-21(25)16-8-7-11-18(14-16)23-29(26,27)19-12-3-2-4-13-19/h2-4,7-8,11-15,17,23H,5-6,9-10H2,1H3,(H,22,24)/t15-/m0/s1. The molecule has 1 fully saturated rings. The molecule has 1 atom stereocenters. The summed E-state index contributed by atoms with van der Waals surface area (Å²) in [6, 6.07) is 14.0. The fourth-order valence-electron chi connectivity index (χ4n) is 3.19. The number of benzene rings is 2. The summed E-state index contributed by atoms with van der Waals surface area (Å²) in [6.45, 7) is 1.52. The topological polar surface area (TPSA) is 102 Å². The molecule has 0 heterocycles. The number of ether oxygens (including phenoxy) is 1. The van der Waals surface area contributed by atoms with Crippen LogP contribution in [0.2, 0.25) is 0 Å². The van der Waals surface area contributed by atoms with E-state index in [-0.39, 0.29) is 28.1 Å². The van der Waals surface area contributed by atoms with Crippen molar-refractivity contribution in [2.24, 2.45) is 0 Å². The highest BCUT2D eigenvalue weighted by molar-refractivity contribution is 7.92. The third-order valence-corrected chi connectivity index (χ3v) is 6.16. The van der Waals surface area contributed by atoms with Crippen LogP contribution in [-0.2, 0) is 19.6 Å². The zero-order valence-electron chi connectivity index (χ0n) is 16.1. The highest BCUT2D eigenvalue weighted by atomic mass is 32.2. The van der Waals surface area contributed by atoms with E-state index in [1.165, 1.54) is 37.3 Å². The zero-order valence-corrected chi connectivity index (χ0v) is 16.9. The van der Waals surface area contributed by atoms with Gasteiger partial charge in [0.05, 0.1) is 10.5 Å². The minimum absolute atomic E-state index is 0.116. The summed E-state index contributed by atoms with van der Waals surface area (Å²) < 4.78 is 32.6. The van der Waals surface area contributed by atoms with Gasteiger partial charge >= 0.3 is 5.97 Å². The molecule has 2 aromatic carbocycles. The number of anilines is 1. The highest BCUT2D eigenvalue weighted by Crippen LogP contribution is 2.19. The molecule has 2 aromatic rings. The fourth-order valence-corrected chi connectivity index (χ4v) is 4.26. The summed E-state index contributed by atoms with van der Waals surface area (Å²) in [5, 5.41) is 2.89. The quantitative estimate of drug-likeness (QED) is 0.676. The first-order valence-electron chi connectivity index (χ1n) is 9.54. The Morgan fingerprint density at radius 3 is 2.41 bits per heavy atom. The molecule has 0 aromatic heterocycles. The van der Waals surface area contributed by atoms with E-state index >= 15 is 0 Å². The van der Waals surface area contributed by atoms with Crippen molar-refractivity contribution in [3.8, 4) is 0 Å². The Labute approximate surface area is 170 Å². The van der Waals surface area contributed by atoms with Gasteiger partial charge in [-0.15, -0.1) is 0 Å². The van der Waals surface area contributed by atoms with Crippen molar-refractivity contribution in [3.63, 3.8) is 0 Å². The van der Waals surface area contributed by atoms with Crippen molar-refractivity contribution in [1.82, 2.24) is 5.32 Å². The molecule has 0 saturated heterocycles. The number of carbonyl (C=O) groups is 2. The molecule has 0 radical (unpaired) electrons. The van der Waals surface area contributed by atoms with Crippen LogP contribution in [0.3, 0.4) is 0 Å². The maximum atomic E-state index is 12.4. The van der Waals surface area contributed by atoms with Crippen molar-refractivity contribution >= 4 is 27.6 Å². The molecular formula is C21H24N2O5S. The molecule has 0 aliphatic heterocycles. The number of carbonyl (C=O) groups excluding carboxylic acids is 2. The van der Waals surface area contributed by atoms with E-state index in [9.17, 15) is 18.0 Å². The Kier molecular flexibility index (Phi) is 6.53. The molecule has 29 heavy (non-hydrogen) atoms. The first-order valence-corrected chi connectivity index (χ1v) is 11.0. The minimum atomic E-state index is -3.77. The van der Waals surface area contributed by atoms with Crippen LogP contribution >= 0.6 is 0 Å². The van der Waals surface area contributed by atoms with Gasteiger partial charge in [0.25, 0.3) is 15.9 Å². The number of esters is 1. The Morgan fingerprint density at radius 2 is 1.72 bits per heavy atom. The summed E-state index contributed by atoms with van der Waals surface area (Å²) in [6.07, 6.45) is 3.12. The molecule has 7 nitrogen and oxygen atoms in total. The van der Waals surface area contributed by atoms with Gasteiger partial charge in [-0.25, -0.2) is 13.2 Å². The Balaban J connectivity index is 1.64. The maximum Gasteiger partial charge on any atom is 0.338 e. The Morgan fingerprint density at radius 1 is 1.03 bits per heavy atom. The second kappa shape index (κ2) is 9.09. The normalized spacial score (nSPS) is 15.5. The number of hydrogen-bond acceptors (Lipinski definition) is 5. The highest BCUT2D eigenvalue weighted by Gasteiger charge is 2.24. The van der Waals surface area contributed by atoms with E-state index in [0.29, 0.717) is 0 Å². The molecule has 0 spiro atoms. The van der Waals surface area contributed by atoms with E-state index in [4.69, 9.17) is 4.74 Å². The van der Waals surface area contributed by atoms with Gasteiger partial charge in [-0.2, -0.15) is 0 Å². The van der Waals surface area contributed by atoms with Gasteiger partial charge in [-0.05, 0) is 50.1 Å². The lowest BCUT2D eigenvalue weighted by Gasteiger charge is -2.17. The maximum absolute atomic E-state index is 12.4. The predicted octanol–water partition coefficient (Wildman–Crippen LogP) is 3.09. The summed E-state index contributed by atoms with van der Waals surface area (Å²) in [7, 11) is -3.77. The fraction of sp³-hybridized carbons (Fsp3) is 0.333. The molecule has 154 valence electrons. The molecule has 8 heteroatoms. The summed E-state index contributed by atoms with van der Waals surface area (Å²) >= 11 is 0.